The van der Waals surface area contributed by atoms with Crippen LogP contribution in [0.15, 0.2) is 128 Å². The van der Waals surface area contributed by atoms with Crippen LogP contribution in [0.5, 0.6) is 0 Å². The summed E-state index contributed by atoms with van der Waals surface area (Å²) >= 11 is 0. The van der Waals surface area contributed by atoms with Gasteiger partial charge in [0.2, 0.25) is 0 Å². The molecule has 5 heteroatoms. The zero-order chi connectivity index (χ0) is 32.9. The second kappa shape index (κ2) is 14.3. The van der Waals surface area contributed by atoms with Crippen LogP contribution in [0.1, 0.15) is 46.5 Å². The van der Waals surface area contributed by atoms with Crippen molar-refractivity contribution in [3.05, 3.63) is 128 Å². The largest absolute Gasteiger partial charge is 0.323 e. The van der Waals surface area contributed by atoms with Gasteiger partial charge >= 0.3 is 0 Å². The molecule has 0 aliphatic carbocycles. The SMILES string of the molecule is Bc1ccc2c3ccc(B)cc3c3c(nc(-c4ccc(N(/C(C)=C/C=C\C=C)c5ccccc5)cc4)n3CC(CC)CCCC)c2c1. The number of unbranched alkanes of at least 4 members (excludes halogenated alkanes) is 1. The molecule has 0 radical (unpaired) electrons. The van der Waals surface area contributed by atoms with Crippen molar-refractivity contribution in [2.75, 3.05) is 4.90 Å². The van der Waals surface area contributed by atoms with Crippen molar-refractivity contribution in [3.63, 3.8) is 0 Å². The van der Waals surface area contributed by atoms with E-state index < -0.39 is 0 Å². The molecule has 1 aromatic heterocycles. The molecule has 0 aliphatic heterocycles. The van der Waals surface area contributed by atoms with Gasteiger partial charge in [-0.3, -0.25) is 0 Å². The van der Waals surface area contributed by atoms with Crippen LogP contribution in [0.3, 0.4) is 0 Å². The Kier molecular flexibility index (Phi) is 9.82. The summed E-state index contributed by atoms with van der Waals surface area (Å²) in [6.45, 7) is 11.6. The van der Waals surface area contributed by atoms with Crippen LogP contribution < -0.4 is 15.8 Å². The summed E-state index contributed by atoms with van der Waals surface area (Å²) in [5.41, 5.74) is 9.39. The molecule has 0 N–H and O–H groups in total. The minimum Gasteiger partial charge on any atom is -0.323 e. The van der Waals surface area contributed by atoms with Gasteiger partial charge in [0.15, 0.2) is 0 Å². The molecule has 47 heavy (non-hydrogen) atoms. The third kappa shape index (κ3) is 6.58. The minimum absolute atomic E-state index is 0.586. The van der Waals surface area contributed by atoms with E-state index in [1.807, 2.05) is 12.2 Å². The van der Waals surface area contributed by atoms with Crippen LogP contribution in [0.2, 0.25) is 0 Å². The van der Waals surface area contributed by atoms with E-state index in [2.05, 4.69) is 150 Å². The van der Waals surface area contributed by atoms with Crippen LogP contribution in [0.25, 0.3) is 44.0 Å². The Balaban J connectivity index is 1.57. The molecule has 0 fully saturated rings. The maximum atomic E-state index is 5.54. The predicted octanol–water partition coefficient (Wildman–Crippen LogP) is 8.53. The highest BCUT2D eigenvalue weighted by Gasteiger charge is 2.22. The Bertz CT molecular complexity index is 2090. The monoisotopic (exact) mass is 613 g/mol. The third-order valence-electron chi connectivity index (χ3n) is 9.44. The van der Waals surface area contributed by atoms with Crippen molar-refractivity contribution in [3.8, 4) is 11.4 Å². The first-order valence-corrected chi connectivity index (χ1v) is 17.2. The number of anilines is 2. The smallest absolute Gasteiger partial charge is 0.141 e. The van der Waals surface area contributed by atoms with E-state index in [-0.39, 0.29) is 0 Å². The van der Waals surface area contributed by atoms with Gasteiger partial charge in [-0.25, -0.2) is 4.98 Å². The topological polar surface area (TPSA) is 21.1 Å². The molecule has 6 rings (SSSR count). The molecule has 1 heterocycles. The summed E-state index contributed by atoms with van der Waals surface area (Å²) in [4.78, 5) is 7.83. The highest BCUT2D eigenvalue weighted by Crippen LogP contribution is 2.39. The number of rotatable bonds is 12. The molecule has 5 aromatic carbocycles. The van der Waals surface area contributed by atoms with Gasteiger partial charge < -0.3 is 9.47 Å². The lowest BCUT2D eigenvalue weighted by atomic mass is 9.88. The zero-order valence-corrected chi connectivity index (χ0v) is 28.6. The van der Waals surface area contributed by atoms with Crippen molar-refractivity contribution >= 4 is 70.6 Å². The lowest BCUT2D eigenvalue weighted by Crippen LogP contribution is -2.14. The number of fused-ring (bicyclic) bond motifs is 6. The number of hydrogen-bond donors (Lipinski definition) is 0. The molecule has 0 aliphatic rings. The highest BCUT2D eigenvalue weighted by atomic mass is 15.1. The fraction of sp³-hybridized carbons (Fsp3) is 0.214. The zero-order valence-electron chi connectivity index (χ0n) is 28.6. The average Bonchev–Trinajstić information content (AvgIpc) is 3.47. The third-order valence-corrected chi connectivity index (χ3v) is 9.44. The molecule has 0 bridgehead atoms. The summed E-state index contributed by atoms with van der Waals surface area (Å²) in [6.07, 6.45) is 12.8. The number of hydrogen-bond acceptors (Lipinski definition) is 2. The number of benzene rings is 5. The molecule has 0 amide bonds. The molecule has 0 saturated heterocycles. The van der Waals surface area contributed by atoms with Gasteiger partial charge in [0.1, 0.15) is 21.5 Å². The average molecular weight is 613 g/mol. The van der Waals surface area contributed by atoms with Crippen LogP contribution in [-0.4, -0.2) is 25.2 Å². The van der Waals surface area contributed by atoms with E-state index in [4.69, 9.17) is 4.98 Å². The summed E-state index contributed by atoms with van der Waals surface area (Å²) in [5.74, 6) is 1.63. The standard InChI is InChI=1S/C42H45B2N3/c1-5-8-11-14-29(4)47(34-16-12-10-13-17-34)35-22-18-31(19-23-35)42-45-40-38-26-32(43)20-24-36(38)37-25-21-33(44)27-39(37)41(40)46(42)28-30(7-3)15-9-6-2/h5,8,10-14,16-27,30H,1,6-7,9,15,28,43-44H2,2-4H3/b11-8-,29-14+. The summed E-state index contributed by atoms with van der Waals surface area (Å²) < 4.78 is 2.55. The van der Waals surface area contributed by atoms with Gasteiger partial charge in [-0.15, -0.1) is 0 Å². The Morgan fingerprint density at radius 1 is 0.830 bits per heavy atom. The Hall–Kier alpha value is -4.76. The van der Waals surface area contributed by atoms with E-state index >= 15 is 0 Å². The van der Waals surface area contributed by atoms with Crippen LogP contribution >= 0.6 is 0 Å². The molecule has 234 valence electrons. The molecule has 1 unspecified atom stereocenters. The van der Waals surface area contributed by atoms with Crippen molar-refractivity contribution in [2.45, 2.75) is 53.0 Å². The van der Waals surface area contributed by atoms with Gasteiger partial charge in [0.25, 0.3) is 0 Å². The first kappa shape index (κ1) is 32.2. The van der Waals surface area contributed by atoms with E-state index in [0.717, 1.165) is 46.9 Å². The second-order valence-corrected chi connectivity index (χ2v) is 12.9. The predicted molar refractivity (Wildman–Crippen MR) is 212 cm³/mol. The molecule has 1 atom stereocenters. The summed E-state index contributed by atoms with van der Waals surface area (Å²) in [5, 5.41) is 5.10. The molecule has 6 aromatic rings. The van der Waals surface area contributed by atoms with Gasteiger partial charge in [-0.1, -0.05) is 123 Å². The first-order valence-electron chi connectivity index (χ1n) is 17.2. The maximum absolute atomic E-state index is 5.54. The lowest BCUT2D eigenvalue weighted by molar-refractivity contribution is 0.397. The quantitative estimate of drug-likeness (QED) is 0.0784. The number of imidazole rings is 1. The molecular formula is C42H45B2N3. The van der Waals surface area contributed by atoms with Gasteiger partial charge in [-0.2, -0.15) is 0 Å². The van der Waals surface area contributed by atoms with E-state index in [1.165, 1.54) is 57.2 Å². The molecule has 3 nitrogen and oxygen atoms in total. The van der Waals surface area contributed by atoms with Gasteiger partial charge in [-0.05, 0) is 72.5 Å². The van der Waals surface area contributed by atoms with Gasteiger partial charge in [0.05, 0.1) is 11.0 Å². The number of aromatic nitrogens is 2. The highest BCUT2D eigenvalue weighted by molar-refractivity contribution is 6.37. The van der Waals surface area contributed by atoms with Crippen molar-refractivity contribution in [2.24, 2.45) is 5.92 Å². The summed E-state index contributed by atoms with van der Waals surface area (Å²) in [7, 11) is 4.38. The second-order valence-electron chi connectivity index (χ2n) is 12.9. The summed E-state index contributed by atoms with van der Waals surface area (Å²) in [6, 6.07) is 33.3. The van der Waals surface area contributed by atoms with Gasteiger partial charge in [0, 0.05) is 40.0 Å². The van der Waals surface area contributed by atoms with Crippen LogP contribution in [0, 0.1) is 5.92 Å². The van der Waals surface area contributed by atoms with E-state index in [1.54, 1.807) is 6.08 Å². The Morgan fingerprint density at radius 3 is 2.15 bits per heavy atom. The van der Waals surface area contributed by atoms with E-state index in [9.17, 15) is 0 Å². The minimum atomic E-state index is 0.586. The normalized spacial score (nSPS) is 12.8. The molecular weight excluding hydrogens is 568 g/mol. The number of para-hydroxylation sites is 1. The number of allylic oxidation sites excluding steroid dienone is 5. The maximum Gasteiger partial charge on any atom is 0.141 e. The van der Waals surface area contributed by atoms with Crippen LogP contribution in [0.4, 0.5) is 11.4 Å². The fourth-order valence-electron chi connectivity index (χ4n) is 6.91. The van der Waals surface area contributed by atoms with Crippen molar-refractivity contribution in [1.29, 1.82) is 0 Å². The lowest BCUT2D eigenvalue weighted by Gasteiger charge is -2.26. The van der Waals surface area contributed by atoms with E-state index in [0.29, 0.717) is 5.92 Å². The number of nitrogens with zero attached hydrogens (tertiary/aromatic N) is 3. The molecule has 0 spiro atoms. The fourth-order valence-corrected chi connectivity index (χ4v) is 6.91. The Labute approximate surface area is 282 Å². The Morgan fingerprint density at radius 2 is 1.49 bits per heavy atom. The first-order chi connectivity index (χ1) is 22.9. The van der Waals surface area contributed by atoms with Crippen molar-refractivity contribution in [1.82, 2.24) is 9.55 Å². The van der Waals surface area contributed by atoms with Crippen LogP contribution in [-0.2, 0) is 6.54 Å². The molecule has 0 saturated carbocycles. The van der Waals surface area contributed by atoms with Crippen molar-refractivity contribution < 1.29 is 0 Å².